The fraction of sp³-hybridized carbons (Fsp3) is 0.652. The molecule has 3 rings (SSSR count). The maximum absolute atomic E-state index is 14.9. The molecule has 1 aliphatic heterocycles. The molecule has 1 aromatic heterocycles. The number of ether oxygens (including phenoxy) is 3. The number of carbonyl (C=O) groups excluding carboxylic acids is 7. The Morgan fingerprint density at radius 1 is 0.985 bits per heavy atom. The van der Waals surface area contributed by atoms with E-state index in [-0.39, 0.29) is 72.5 Å². The molecule has 5 amide bonds. The third-order valence-corrected chi connectivity index (χ3v) is 14.3. The van der Waals surface area contributed by atoms with E-state index in [1.54, 1.807) is 19.1 Å². The SMILES string of the molecule is CCCC(=O)OCN(C(=O)[C@@H](NC(=O)[C@H]1CCCCN1C)C(C)CC)[C@H](C[C@@H](OC(C)=O)c1nc(C(=O)N[C@@H](Cc2ccc(O)cc2)C[C@H](C)C(=O)NNC(=O)OCCSSC)cs1)C(C)C. The summed E-state index contributed by atoms with van der Waals surface area (Å²) in [6.45, 7) is 12.9. The first-order valence-electron chi connectivity index (χ1n) is 22.9. The second kappa shape index (κ2) is 29.3. The highest BCUT2D eigenvalue weighted by Gasteiger charge is 2.39. The molecule has 374 valence electrons. The molecule has 0 radical (unpaired) electrons. The average molecular weight is 994 g/mol. The Bertz CT molecular complexity index is 1920. The fourth-order valence-corrected chi connectivity index (χ4v) is 9.46. The number of amides is 5. The number of piperidine rings is 1. The molecule has 2 aromatic rings. The number of rotatable bonds is 26. The van der Waals surface area contributed by atoms with Gasteiger partial charge in [0.15, 0.2) is 12.8 Å². The predicted molar refractivity (Wildman–Crippen MR) is 260 cm³/mol. The standard InChI is InChI=1S/C46H71N7O11S3/c1-10-14-39(56)63-27-53(45(60)40(29(5)11-2)49-43(59)36-15-12-13-20-52(36)8)37(28(3)4)25-38(64-31(7)54)44-48-35(26-66-44)42(58)47-33(24-32-16-18-34(55)19-17-32)23-30(6)41(57)50-51-46(61)62-21-22-67-65-9/h16-19,26,28-30,33,36-38,40,55H,10-15,20-25,27H2,1-9H3,(H,47,58)(H,49,59)(H,50,57)(H,51,61)/t29?,30-,33+,36+,37+,38+,40-/m0/s1. The normalized spacial score (nSPS) is 16.6. The molecule has 1 aromatic carbocycles. The number of phenolic OH excluding ortho intramolecular Hbond substituents is 1. The van der Waals surface area contributed by atoms with E-state index in [1.165, 1.54) is 50.9 Å². The average Bonchev–Trinajstić information content (AvgIpc) is 3.79. The Morgan fingerprint density at radius 3 is 2.33 bits per heavy atom. The Balaban J connectivity index is 1.90. The smallest absolute Gasteiger partial charge is 0.426 e. The minimum Gasteiger partial charge on any atom is -0.508 e. The summed E-state index contributed by atoms with van der Waals surface area (Å²) < 4.78 is 16.6. The van der Waals surface area contributed by atoms with Gasteiger partial charge < -0.3 is 34.9 Å². The Labute approximate surface area is 406 Å². The first-order chi connectivity index (χ1) is 31.9. The van der Waals surface area contributed by atoms with Crippen molar-refractivity contribution in [3.63, 3.8) is 0 Å². The highest BCUT2D eigenvalue weighted by atomic mass is 33.1. The maximum Gasteiger partial charge on any atom is 0.426 e. The number of hydrogen-bond donors (Lipinski definition) is 5. The van der Waals surface area contributed by atoms with E-state index in [0.717, 1.165) is 36.3 Å². The number of benzene rings is 1. The van der Waals surface area contributed by atoms with Gasteiger partial charge in [-0.25, -0.2) is 15.2 Å². The molecule has 7 atom stereocenters. The van der Waals surface area contributed by atoms with Crippen molar-refractivity contribution in [1.82, 2.24) is 36.3 Å². The highest BCUT2D eigenvalue weighted by Crippen LogP contribution is 2.32. The molecule has 18 nitrogen and oxygen atoms in total. The minimum atomic E-state index is -1.04. The quantitative estimate of drug-likeness (QED) is 0.0178. The number of esters is 2. The molecule has 67 heavy (non-hydrogen) atoms. The number of likely N-dealkylation sites (tertiary alicyclic amines) is 1. The van der Waals surface area contributed by atoms with Crippen LogP contribution in [0.25, 0.3) is 0 Å². The number of hydrogen-bond acceptors (Lipinski definition) is 16. The first-order valence-corrected chi connectivity index (χ1v) is 26.6. The van der Waals surface area contributed by atoms with Crippen LogP contribution in [0, 0.1) is 17.8 Å². The lowest BCUT2D eigenvalue weighted by Gasteiger charge is -2.39. The van der Waals surface area contributed by atoms with E-state index >= 15 is 0 Å². The summed E-state index contributed by atoms with van der Waals surface area (Å²) in [4.78, 5) is 101. The van der Waals surface area contributed by atoms with Crippen LogP contribution >= 0.6 is 32.9 Å². The molecule has 2 heterocycles. The molecule has 0 aliphatic carbocycles. The van der Waals surface area contributed by atoms with Gasteiger partial charge in [-0.05, 0) is 81.5 Å². The van der Waals surface area contributed by atoms with Crippen LogP contribution in [0.15, 0.2) is 29.6 Å². The Morgan fingerprint density at radius 2 is 1.70 bits per heavy atom. The van der Waals surface area contributed by atoms with Crippen LogP contribution in [0.1, 0.15) is 127 Å². The molecule has 21 heteroatoms. The van der Waals surface area contributed by atoms with Gasteiger partial charge in [-0.3, -0.25) is 39.1 Å². The number of nitrogens with one attached hydrogen (secondary N) is 4. The third kappa shape index (κ3) is 19.1. The summed E-state index contributed by atoms with van der Waals surface area (Å²) in [5.74, 6) is -3.50. The molecular weight excluding hydrogens is 923 g/mol. The van der Waals surface area contributed by atoms with Crippen molar-refractivity contribution in [3.8, 4) is 5.75 Å². The van der Waals surface area contributed by atoms with Crippen molar-refractivity contribution in [3.05, 3.63) is 45.9 Å². The zero-order valence-corrected chi connectivity index (χ0v) is 42.7. The van der Waals surface area contributed by atoms with Crippen molar-refractivity contribution in [2.75, 3.05) is 38.9 Å². The molecule has 0 bridgehead atoms. The second-order valence-electron chi connectivity index (χ2n) is 17.2. The summed E-state index contributed by atoms with van der Waals surface area (Å²) >= 11 is 1.09. The lowest BCUT2D eigenvalue weighted by molar-refractivity contribution is -0.160. The highest BCUT2D eigenvalue weighted by molar-refractivity contribution is 8.76. The number of hydrazine groups is 1. The number of thiazole rings is 1. The number of phenols is 1. The van der Waals surface area contributed by atoms with Gasteiger partial charge in [-0.1, -0.05) is 88.1 Å². The Kier molecular flexibility index (Phi) is 24.8. The lowest BCUT2D eigenvalue weighted by Crippen LogP contribution is -2.59. The van der Waals surface area contributed by atoms with Gasteiger partial charge in [0.25, 0.3) is 5.91 Å². The van der Waals surface area contributed by atoms with Crippen LogP contribution in [0.2, 0.25) is 0 Å². The van der Waals surface area contributed by atoms with Gasteiger partial charge in [0.05, 0.1) is 6.04 Å². The van der Waals surface area contributed by atoms with Crippen LogP contribution in [0.4, 0.5) is 4.79 Å². The molecule has 5 N–H and O–H groups in total. The maximum atomic E-state index is 14.9. The fourth-order valence-electron chi connectivity index (χ4n) is 7.60. The first kappa shape index (κ1) is 56.7. The van der Waals surface area contributed by atoms with E-state index in [9.17, 15) is 38.7 Å². The molecule has 1 saturated heterocycles. The van der Waals surface area contributed by atoms with Crippen LogP contribution in [0.3, 0.4) is 0 Å². The zero-order chi connectivity index (χ0) is 49.6. The summed E-state index contributed by atoms with van der Waals surface area (Å²) in [6.07, 6.45) is 4.29. The van der Waals surface area contributed by atoms with Crippen molar-refractivity contribution < 1.29 is 52.9 Å². The number of carbonyl (C=O) groups is 7. The van der Waals surface area contributed by atoms with Crippen molar-refractivity contribution in [2.45, 2.75) is 137 Å². The van der Waals surface area contributed by atoms with Crippen molar-refractivity contribution >= 4 is 74.6 Å². The molecular formula is C46H71N7O11S3. The van der Waals surface area contributed by atoms with Gasteiger partial charge in [-0.2, -0.15) is 0 Å². The molecule has 1 unspecified atom stereocenters. The van der Waals surface area contributed by atoms with Crippen molar-refractivity contribution in [2.24, 2.45) is 17.8 Å². The molecule has 1 fully saturated rings. The van der Waals surface area contributed by atoms with Gasteiger partial charge in [-0.15, -0.1) is 11.3 Å². The third-order valence-electron chi connectivity index (χ3n) is 11.6. The monoisotopic (exact) mass is 993 g/mol. The van der Waals surface area contributed by atoms with E-state index < -0.39 is 72.6 Å². The van der Waals surface area contributed by atoms with Crippen LogP contribution in [-0.4, -0.2) is 125 Å². The second-order valence-corrected chi connectivity index (χ2v) is 20.8. The van der Waals surface area contributed by atoms with E-state index in [2.05, 4.69) is 26.5 Å². The lowest BCUT2D eigenvalue weighted by atomic mass is 9.92. The number of aromatic hydroxyl groups is 1. The van der Waals surface area contributed by atoms with Gasteiger partial charge in [0.1, 0.15) is 29.1 Å². The number of aromatic nitrogens is 1. The topological polar surface area (TPSA) is 235 Å². The van der Waals surface area contributed by atoms with Crippen LogP contribution < -0.4 is 21.5 Å². The largest absolute Gasteiger partial charge is 0.508 e. The number of nitrogens with zero attached hydrogens (tertiary/aromatic N) is 3. The minimum absolute atomic E-state index is 0.0174. The summed E-state index contributed by atoms with van der Waals surface area (Å²) in [5.41, 5.74) is 5.40. The summed E-state index contributed by atoms with van der Waals surface area (Å²) in [5, 5.41) is 17.7. The molecule has 0 saturated carbocycles. The van der Waals surface area contributed by atoms with Gasteiger partial charge in [0, 0.05) is 48.9 Å². The summed E-state index contributed by atoms with van der Waals surface area (Å²) in [7, 11) is 4.96. The zero-order valence-electron chi connectivity index (χ0n) is 40.3. The molecule has 0 spiro atoms. The van der Waals surface area contributed by atoms with Crippen LogP contribution in [-0.2, 0) is 44.6 Å². The van der Waals surface area contributed by atoms with E-state index in [4.69, 9.17) is 14.2 Å². The van der Waals surface area contributed by atoms with Gasteiger partial charge >= 0.3 is 18.0 Å². The predicted octanol–water partition coefficient (Wildman–Crippen LogP) is 6.15. The summed E-state index contributed by atoms with van der Waals surface area (Å²) in [6, 6.07) is 3.78. The van der Waals surface area contributed by atoms with Crippen molar-refractivity contribution in [1.29, 1.82) is 0 Å². The van der Waals surface area contributed by atoms with Crippen LogP contribution in [0.5, 0.6) is 5.75 Å². The Hall–Kier alpha value is -4.60. The number of likely N-dealkylation sites (N-methyl/N-ethyl adjacent to an activating group) is 1. The van der Waals surface area contributed by atoms with E-state index in [0.29, 0.717) is 25.0 Å². The van der Waals surface area contributed by atoms with E-state index in [1.807, 2.05) is 52.8 Å². The molecule has 1 aliphatic rings. The van der Waals surface area contributed by atoms with Gasteiger partial charge in [0.2, 0.25) is 17.7 Å².